The molecule has 0 unspecified atom stereocenters. The molecular formula is C19H21NO4. The summed E-state index contributed by atoms with van der Waals surface area (Å²) >= 11 is 0. The highest BCUT2D eigenvalue weighted by atomic mass is 16.5. The summed E-state index contributed by atoms with van der Waals surface area (Å²) < 4.78 is 10.9. The topological polar surface area (TPSA) is 71.7 Å². The van der Waals surface area contributed by atoms with Crippen molar-refractivity contribution in [2.75, 3.05) is 26.4 Å². The molecule has 2 N–H and O–H groups in total. The van der Waals surface area contributed by atoms with Gasteiger partial charge in [0.25, 0.3) is 0 Å². The Morgan fingerprint density at radius 2 is 2.00 bits per heavy atom. The monoisotopic (exact) mass is 327 g/mol. The van der Waals surface area contributed by atoms with Crippen LogP contribution in [0.4, 0.5) is 0 Å². The van der Waals surface area contributed by atoms with Crippen LogP contribution in [0, 0.1) is 0 Å². The van der Waals surface area contributed by atoms with E-state index >= 15 is 0 Å². The van der Waals surface area contributed by atoms with Gasteiger partial charge >= 0.3 is 0 Å². The number of hydrogen-bond donors (Lipinski definition) is 2. The molecular weight excluding hydrogens is 306 g/mol. The molecule has 126 valence electrons. The van der Waals surface area contributed by atoms with Crippen molar-refractivity contribution >= 4 is 27.6 Å². The highest BCUT2D eigenvalue weighted by Gasteiger charge is 2.10. The van der Waals surface area contributed by atoms with Crippen LogP contribution in [0.1, 0.15) is 12.2 Å². The summed E-state index contributed by atoms with van der Waals surface area (Å²) in [6, 6.07) is 14.0. The Balaban J connectivity index is 1.59. The second-order valence-electron chi connectivity index (χ2n) is 5.63. The van der Waals surface area contributed by atoms with E-state index in [2.05, 4.69) is 17.4 Å². The Labute approximate surface area is 140 Å². The van der Waals surface area contributed by atoms with Crippen LogP contribution in [-0.4, -0.2) is 37.4 Å². The van der Waals surface area contributed by atoms with Gasteiger partial charge in [-0.2, -0.15) is 0 Å². The lowest BCUT2D eigenvalue weighted by atomic mass is 10.1. The Kier molecular flexibility index (Phi) is 5.46. The molecule has 5 heteroatoms. The quantitative estimate of drug-likeness (QED) is 0.624. The molecule has 3 aromatic rings. The molecule has 0 atom stereocenters. The number of aliphatic hydroxyl groups is 1. The fourth-order valence-corrected chi connectivity index (χ4v) is 2.72. The van der Waals surface area contributed by atoms with Crippen molar-refractivity contribution in [3.63, 3.8) is 0 Å². The minimum atomic E-state index is -0.0690. The normalized spacial score (nSPS) is 11.2. The molecule has 0 bridgehead atoms. The number of fused-ring (bicyclic) bond motifs is 3. The third-order valence-electron chi connectivity index (χ3n) is 3.84. The van der Waals surface area contributed by atoms with Gasteiger partial charge in [-0.05, 0) is 29.3 Å². The van der Waals surface area contributed by atoms with Gasteiger partial charge in [-0.3, -0.25) is 4.79 Å². The van der Waals surface area contributed by atoms with Gasteiger partial charge in [0.2, 0.25) is 5.91 Å². The minimum Gasteiger partial charge on any atom is -0.461 e. The lowest BCUT2D eigenvalue weighted by Gasteiger charge is -2.04. The predicted octanol–water partition coefficient (Wildman–Crippen LogP) is 2.64. The number of amides is 1. The van der Waals surface area contributed by atoms with Gasteiger partial charge in [0, 0.05) is 18.5 Å². The van der Waals surface area contributed by atoms with Gasteiger partial charge in [0.15, 0.2) is 0 Å². The molecule has 0 aliphatic rings. The van der Waals surface area contributed by atoms with Gasteiger partial charge in [-0.15, -0.1) is 0 Å². The molecule has 3 rings (SSSR count). The molecule has 0 aliphatic carbocycles. The van der Waals surface area contributed by atoms with Crippen molar-refractivity contribution in [1.29, 1.82) is 0 Å². The van der Waals surface area contributed by atoms with Gasteiger partial charge in [0.05, 0.1) is 19.6 Å². The van der Waals surface area contributed by atoms with Gasteiger partial charge in [0.1, 0.15) is 11.3 Å². The molecule has 0 fully saturated rings. The van der Waals surface area contributed by atoms with Crippen LogP contribution in [0.5, 0.6) is 0 Å². The van der Waals surface area contributed by atoms with E-state index in [0.29, 0.717) is 25.5 Å². The highest BCUT2D eigenvalue weighted by Crippen LogP contribution is 2.28. The molecule has 2 aromatic carbocycles. The van der Waals surface area contributed by atoms with E-state index in [-0.39, 0.29) is 18.9 Å². The first-order chi connectivity index (χ1) is 11.8. The summed E-state index contributed by atoms with van der Waals surface area (Å²) in [4.78, 5) is 12.0. The zero-order chi connectivity index (χ0) is 16.8. The molecule has 1 amide bonds. The summed E-state index contributed by atoms with van der Waals surface area (Å²) in [6.45, 7) is 1.43. The Bertz CT molecular complexity index is 824. The number of hydrogen-bond acceptors (Lipinski definition) is 4. The molecule has 0 radical (unpaired) electrons. The number of furan rings is 1. The van der Waals surface area contributed by atoms with E-state index in [4.69, 9.17) is 14.3 Å². The number of ether oxygens (including phenoxy) is 1. The number of aliphatic hydroxyl groups excluding tert-OH is 1. The van der Waals surface area contributed by atoms with Crippen LogP contribution < -0.4 is 5.32 Å². The molecule has 5 nitrogen and oxygen atoms in total. The summed E-state index contributed by atoms with van der Waals surface area (Å²) in [5.41, 5.74) is 0.800. The van der Waals surface area contributed by atoms with E-state index < -0.39 is 0 Å². The number of rotatable bonds is 8. The molecule has 0 saturated carbocycles. The summed E-state index contributed by atoms with van der Waals surface area (Å²) in [5, 5.41) is 14.8. The zero-order valence-electron chi connectivity index (χ0n) is 13.5. The van der Waals surface area contributed by atoms with Crippen LogP contribution in [0.2, 0.25) is 0 Å². The van der Waals surface area contributed by atoms with Crippen LogP contribution >= 0.6 is 0 Å². The molecule has 1 heterocycles. The lowest BCUT2D eigenvalue weighted by molar-refractivity contribution is -0.120. The van der Waals surface area contributed by atoms with Crippen molar-refractivity contribution in [1.82, 2.24) is 5.32 Å². The smallest absolute Gasteiger partial charge is 0.227 e. The predicted molar refractivity (Wildman–Crippen MR) is 93.0 cm³/mol. The van der Waals surface area contributed by atoms with Crippen LogP contribution in [0.25, 0.3) is 21.7 Å². The Hall–Kier alpha value is -2.37. The van der Waals surface area contributed by atoms with Gasteiger partial charge < -0.3 is 19.6 Å². The Morgan fingerprint density at radius 1 is 1.12 bits per heavy atom. The number of benzene rings is 2. The van der Waals surface area contributed by atoms with Crippen molar-refractivity contribution in [2.45, 2.75) is 12.8 Å². The van der Waals surface area contributed by atoms with E-state index in [1.807, 2.05) is 30.3 Å². The maximum Gasteiger partial charge on any atom is 0.227 e. The maximum atomic E-state index is 12.0. The van der Waals surface area contributed by atoms with Crippen LogP contribution in [-0.2, 0) is 16.0 Å². The van der Waals surface area contributed by atoms with Crippen LogP contribution in [0.15, 0.2) is 46.9 Å². The molecule has 0 aliphatic heterocycles. The SMILES string of the molecule is O=C(Cc1cc2c(ccc3ccccc32)o1)NCCCOCCO. The lowest BCUT2D eigenvalue weighted by Crippen LogP contribution is -2.26. The minimum absolute atomic E-state index is 0.0209. The fourth-order valence-electron chi connectivity index (χ4n) is 2.72. The molecule has 0 saturated heterocycles. The van der Waals surface area contributed by atoms with Crippen molar-refractivity contribution in [2.24, 2.45) is 0 Å². The van der Waals surface area contributed by atoms with Gasteiger partial charge in [-0.1, -0.05) is 30.3 Å². The number of carbonyl (C=O) groups excluding carboxylic acids is 1. The molecule has 0 spiro atoms. The van der Waals surface area contributed by atoms with Gasteiger partial charge in [-0.25, -0.2) is 0 Å². The Morgan fingerprint density at radius 3 is 2.88 bits per heavy atom. The van der Waals surface area contributed by atoms with Crippen molar-refractivity contribution < 1.29 is 19.1 Å². The van der Waals surface area contributed by atoms with Crippen molar-refractivity contribution in [3.8, 4) is 0 Å². The summed E-state index contributed by atoms with van der Waals surface area (Å²) in [7, 11) is 0. The third kappa shape index (κ3) is 3.93. The maximum absolute atomic E-state index is 12.0. The highest BCUT2D eigenvalue weighted by molar-refractivity contribution is 6.06. The summed E-state index contributed by atoms with van der Waals surface area (Å²) in [6.07, 6.45) is 0.941. The van der Waals surface area contributed by atoms with E-state index in [9.17, 15) is 4.79 Å². The fraction of sp³-hybridized carbons (Fsp3) is 0.316. The van der Waals surface area contributed by atoms with E-state index in [1.165, 1.54) is 0 Å². The first-order valence-corrected chi connectivity index (χ1v) is 8.13. The second kappa shape index (κ2) is 7.95. The summed E-state index contributed by atoms with van der Waals surface area (Å²) in [5.74, 6) is 0.593. The van der Waals surface area contributed by atoms with E-state index in [1.54, 1.807) is 0 Å². The number of carbonyl (C=O) groups is 1. The second-order valence-corrected chi connectivity index (χ2v) is 5.63. The van der Waals surface area contributed by atoms with E-state index in [0.717, 1.165) is 28.2 Å². The standard InChI is InChI=1S/C19H21NO4/c21-9-11-23-10-3-8-20-19(22)13-15-12-17-16-5-2-1-4-14(16)6-7-18(17)24-15/h1-2,4-7,12,21H,3,8-11,13H2,(H,20,22). The first kappa shape index (κ1) is 16.5. The van der Waals surface area contributed by atoms with Crippen molar-refractivity contribution in [3.05, 3.63) is 48.2 Å². The first-order valence-electron chi connectivity index (χ1n) is 8.13. The number of nitrogens with one attached hydrogen (secondary N) is 1. The zero-order valence-corrected chi connectivity index (χ0v) is 13.5. The van der Waals surface area contributed by atoms with Crippen LogP contribution in [0.3, 0.4) is 0 Å². The largest absolute Gasteiger partial charge is 0.461 e. The average Bonchev–Trinajstić information content (AvgIpc) is 3.01. The molecule has 1 aromatic heterocycles. The molecule has 24 heavy (non-hydrogen) atoms. The third-order valence-corrected chi connectivity index (χ3v) is 3.84. The average molecular weight is 327 g/mol.